The van der Waals surface area contributed by atoms with Crippen LogP contribution in [-0.4, -0.2) is 31.9 Å². The lowest BCUT2D eigenvalue weighted by Crippen LogP contribution is -2.18. The molecule has 2 aromatic rings. The maximum atomic E-state index is 12.5. The van der Waals surface area contributed by atoms with E-state index < -0.39 is 0 Å². The third kappa shape index (κ3) is 3.40. The molecule has 124 valence electrons. The van der Waals surface area contributed by atoms with Gasteiger partial charge in [-0.05, 0) is 24.3 Å². The summed E-state index contributed by atoms with van der Waals surface area (Å²) in [5, 5.41) is 0. The normalized spacial score (nSPS) is 12.5. The summed E-state index contributed by atoms with van der Waals surface area (Å²) in [4.78, 5) is 24.7. The van der Waals surface area contributed by atoms with Crippen LogP contribution in [0.2, 0.25) is 0 Å². The first-order valence-corrected chi connectivity index (χ1v) is 7.78. The Morgan fingerprint density at radius 2 is 1.75 bits per heavy atom. The molecule has 1 heterocycles. The van der Waals surface area contributed by atoms with Gasteiger partial charge in [-0.2, -0.15) is 0 Å². The first-order chi connectivity index (χ1) is 11.7. The van der Waals surface area contributed by atoms with Crippen LogP contribution in [0.1, 0.15) is 33.6 Å². The molecule has 0 N–H and O–H groups in total. The predicted molar refractivity (Wildman–Crippen MR) is 88.3 cm³/mol. The van der Waals surface area contributed by atoms with E-state index in [0.29, 0.717) is 41.6 Å². The van der Waals surface area contributed by atoms with E-state index in [-0.39, 0.29) is 24.4 Å². The molecule has 5 nitrogen and oxygen atoms in total. The molecule has 0 unspecified atom stereocenters. The predicted octanol–water partition coefficient (Wildman–Crippen LogP) is 3.31. The van der Waals surface area contributed by atoms with Gasteiger partial charge in [-0.3, -0.25) is 9.59 Å². The van der Waals surface area contributed by atoms with Gasteiger partial charge in [0.15, 0.2) is 23.1 Å². The zero-order chi connectivity index (χ0) is 16.9. The zero-order valence-corrected chi connectivity index (χ0v) is 13.4. The summed E-state index contributed by atoms with van der Waals surface area (Å²) in [6.45, 7) is 0.888. The molecule has 5 heteroatoms. The lowest BCUT2D eigenvalue weighted by Gasteiger charge is -2.20. The summed E-state index contributed by atoms with van der Waals surface area (Å²) in [6.07, 6.45) is 0.256. The summed E-state index contributed by atoms with van der Waals surface area (Å²) < 4.78 is 16.1. The SMILES string of the molecule is COc1cccc(C(=O)CCC(=O)c2cccc3c2OCCO3)c1. The molecule has 0 radical (unpaired) electrons. The van der Waals surface area contributed by atoms with Crippen molar-refractivity contribution in [3.63, 3.8) is 0 Å². The molecular formula is C19H18O5. The van der Waals surface area contributed by atoms with Crippen LogP contribution >= 0.6 is 0 Å². The number of carbonyl (C=O) groups excluding carboxylic acids is 2. The lowest BCUT2D eigenvalue weighted by atomic mass is 10.0. The van der Waals surface area contributed by atoms with Crippen molar-refractivity contribution in [3.05, 3.63) is 53.6 Å². The molecule has 0 atom stereocenters. The standard InChI is InChI=1S/C19H18O5/c1-22-14-5-2-4-13(12-14)16(20)8-9-17(21)15-6-3-7-18-19(15)24-11-10-23-18/h2-7,12H,8-11H2,1H3. The topological polar surface area (TPSA) is 61.8 Å². The first-order valence-electron chi connectivity index (χ1n) is 7.78. The van der Waals surface area contributed by atoms with E-state index in [2.05, 4.69) is 0 Å². The third-order valence-corrected chi connectivity index (χ3v) is 3.84. The summed E-state index contributed by atoms with van der Waals surface area (Å²) in [5.74, 6) is 1.45. The molecule has 1 aliphatic rings. The summed E-state index contributed by atoms with van der Waals surface area (Å²) >= 11 is 0. The fourth-order valence-electron chi connectivity index (χ4n) is 2.60. The van der Waals surface area contributed by atoms with Crippen LogP contribution < -0.4 is 14.2 Å². The molecule has 0 saturated heterocycles. The minimum atomic E-state index is -0.131. The second kappa shape index (κ2) is 7.17. The molecule has 0 fully saturated rings. The van der Waals surface area contributed by atoms with E-state index in [1.165, 1.54) is 0 Å². The molecule has 2 aromatic carbocycles. The van der Waals surface area contributed by atoms with Crippen LogP contribution in [0.25, 0.3) is 0 Å². The molecular weight excluding hydrogens is 308 g/mol. The van der Waals surface area contributed by atoms with Crippen LogP contribution in [0.5, 0.6) is 17.2 Å². The van der Waals surface area contributed by atoms with Gasteiger partial charge in [0.1, 0.15) is 19.0 Å². The van der Waals surface area contributed by atoms with Crippen molar-refractivity contribution < 1.29 is 23.8 Å². The van der Waals surface area contributed by atoms with Gasteiger partial charge in [0, 0.05) is 18.4 Å². The van der Waals surface area contributed by atoms with Gasteiger partial charge in [0.05, 0.1) is 12.7 Å². The minimum absolute atomic E-state index is 0.0933. The van der Waals surface area contributed by atoms with Gasteiger partial charge in [0.2, 0.25) is 0 Å². The fourth-order valence-corrected chi connectivity index (χ4v) is 2.60. The van der Waals surface area contributed by atoms with Crippen LogP contribution in [0.4, 0.5) is 0 Å². The second-order valence-electron chi connectivity index (χ2n) is 5.41. The van der Waals surface area contributed by atoms with E-state index in [4.69, 9.17) is 14.2 Å². The highest BCUT2D eigenvalue weighted by atomic mass is 16.6. The number of ether oxygens (including phenoxy) is 3. The maximum absolute atomic E-state index is 12.5. The summed E-state index contributed by atoms with van der Waals surface area (Å²) in [5.41, 5.74) is 1.00. The number of hydrogen-bond acceptors (Lipinski definition) is 5. The highest BCUT2D eigenvalue weighted by Gasteiger charge is 2.21. The number of fused-ring (bicyclic) bond motifs is 1. The number of carbonyl (C=O) groups is 2. The quantitative estimate of drug-likeness (QED) is 0.762. The van der Waals surface area contributed by atoms with Gasteiger partial charge in [-0.25, -0.2) is 0 Å². The molecule has 0 bridgehead atoms. The van der Waals surface area contributed by atoms with Crippen molar-refractivity contribution in [2.75, 3.05) is 20.3 Å². The van der Waals surface area contributed by atoms with Crippen LogP contribution in [0.3, 0.4) is 0 Å². The molecule has 3 rings (SSSR count). The van der Waals surface area contributed by atoms with E-state index >= 15 is 0 Å². The molecule has 0 spiro atoms. The highest BCUT2D eigenvalue weighted by molar-refractivity contribution is 6.04. The van der Waals surface area contributed by atoms with Crippen molar-refractivity contribution in [1.82, 2.24) is 0 Å². The van der Waals surface area contributed by atoms with Gasteiger partial charge >= 0.3 is 0 Å². The molecule has 0 saturated carbocycles. The van der Waals surface area contributed by atoms with Crippen molar-refractivity contribution >= 4 is 11.6 Å². The van der Waals surface area contributed by atoms with E-state index in [0.717, 1.165) is 0 Å². The average molecular weight is 326 g/mol. The maximum Gasteiger partial charge on any atom is 0.172 e. The fraction of sp³-hybridized carbons (Fsp3) is 0.263. The number of rotatable bonds is 6. The molecule has 0 amide bonds. The Morgan fingerprint density at radius 1 is 1.00 bits per heavy atom. The Bertz CT molecular complexity index is 766. The van der Waals surface area contributed by atoms with E-state index in [1.54, 1.807) is 49.6 Å². The number of Topliss-reactive ketones (excluding diaryl/α,β-unsaturated/α-hetero) is 2. The van der Waals surface area contributed by atoms with Gasteiger partial charge in [-0.1, -0.05) is 18.2 Å². The Morgan fingerprint density at radius 3 is 2.58 bits per heavy atom. The zero-order valence-electron chi connectivity index (χ0n) is 13.4. The molecule has 1 aliphatic heterocycles. The Balaban J connectivity index is 1.68. The third-order valence-electron chi connectivity index (χ3n) is 3.84. The summed E-state index contributed by atoms with van der Waals surface area (Å²) in [6, 6.07) is 12.1. The van der Waals surface area contributed by atoms with E-state index in [9.17, 15) is 9.59 Å². The molecule has 0 aliphatic carbocycles. The Hall–Kier alpha value is -2.82. The Labute approximate surface area is 140 Å². The van der Waals surface area contributed by atoms with Gasteiger partial charge in [0.25, 0.3) is 0 Å². The average Bonchev–Trinajstić information content (AvgIpc) is 2.65. The number of hydrogen-bond donors (Lipinski definition) is 0. The largest absolute Gasteiger partial charge is 0.497 e. The van der Waals surface area contributed by atoms with Crippen molar-refractivity contribution in [1.29, 1.82) is 0 Å². The van der Waals surface area contributed by atoms with E-state index in [1.807, 2.05) is 0 Å². The molecule has 24 heavy (non-hydrogen) atoms. The number of para-hydroxylation sites is 1. The monoisotopic (exact) mass is 326 g/mol. The minimum Gasteiger partial charge on any atom is -0.497 e. The van der Waals surface area contributed by atoms with Crippen molar-refractivity contribution in [2.45, 2.75) is 12.8 Å². The first kappa shape index (κ1) is 16.1. The Kier molecular flexibility index (Phi) is 4.79. The second-order valence-corrected chi connectivity index (χ2v) is 5.41. The van der Waals surface area contributed by atoms with Crippen LogP contribution in [-0.2, 0) is 0 Å². The number of methoxy groups -OCH3 is 1. The van der Waals surface area contributed by atoms with Crippen molar-refractivity contribution in [3.8, 4) is 17.2 Å². The number of benzene rings is 2. The van der Waals surface area contributed by atoms with Crippen molar-refractivity contribution in [2.24, 2.45) is 0 Å². The highest BCUT2D eigenvalue weighted by Crippen LogP contribution is 2.34. The number of ketones is 2. The van der Waals surface area contributed by atoms with Gasteiger partial charge in [-0.15, -0.1) is 0 Å². The molecule has 0 aromatic heterocycles. The van der Waals surface area contributed by atoms with Crippen LogP contribution in [0.15, 0.2) is 42.5 Å². The van der Waals surface area contributed by atoms with Crippen LogP contribution in [0, 0.1) is 0 Å². The lowest BCUT2D eigenvalue weighted by molar-refractivity contribution is 0.0911. The smallest absolute Gasteiger partial charge is 0.172 e. The summed E-state index contributed by atoms with van der Waals surface area (Å²) in [7, 11) is 1.55. The van der Waals surface area contributed by atoms with Gasteiger partial charge < -0.3 is 14.2 Å².